The molecule has 170 valence electrons. The number of amides is 1. The Balaban J connectivity index is 1.30. The zero-order valence-electron chi connectivity index (χ0n) is 18.1. The van der Waals surface area contributed by atoms with Crippen LogP contribution in [0.4, 0.5) is 5.69 Å². The molecule has 2 aromatic carbocycles. The molecule has 0 radical (unpaired) electrons. The minimum Gasteiger partial charge on any atom is -0.452 e. The van der Waals surface area contributed by atoms with Crippen molar-refractivity contribution in [2.75, 3.05) is 4.90 Å². The van der Waals surface area contributed by atoms with Crippen LogP contribution in [-0.2, 0) is 14.3 Å². The average molecular weight is 490 g/mol. The summed E-state index contributed by atoms with van der Waals surface area (Å²) in [5.74, 6) is -0.326. The summed E-state index contributed by atoms with van der Waals surface area (Å²) >= 11 is 2.73. The van der Waals surface area contributed by atoms with E-state index in [9.17, 15) is 14.4 Å². The van der Waals surface area contributed by atoms with Crippen molar-refractivity contribution in [2.45, 2.75) is 35.6 Å². The predicted octanol–water partition coefficient (Wildman–Crippen LogP) is 4.88. The number of carbonyl (C=O) groups excluding carboxylic acids is 2. The van der Waals surface area contributed by atoms with Crippen LogP contribution >= 0.6 is 23.1 Å². The van der Waals surface area contributed by atoms with Gasteiger partial charge in [0, 0.05) is 28.7 Å². The fraction of sp³-hybridized carbons (Fsp3) is 0.200. The SMILES string of the molecule is C[C@H](OC(=O)[C@@]12CCC(=O)N1c1ccccc1S2)c1nc2scc(-c3ccccc3)c2c(=O)[nH]1. The van der Waals surface area contributed by atoms with Gasteiger partial charge in [0.2, 0.25) is 5.91 Å². The maximum absolute atomic E-state index is 13.4. The molecule has 2 aliphatic rings. The zero-order chi connectivity index (χ0) is 23.4. The number of H-pyrrole nitrogens is 1. The summed E-state index contributed by atoms with van der Waals surface area (Å²) in [6.07, 6.45) is -0.142. The number of fused-ring (bicyclic) bond motifs is 4. The van der Waals surface area contributed by atoms with Crippen LogP contribution in [0.5, 0.6) is 0 Å². The Bertz CT molecular complexity index is 1510. The summed E-state index contributed by atoms with van der Waals surface area (Å²) in [7, 11) is 0. The summed E-state index contributed by atoms with van der Waals surface area (Å²) < 4.78 is 5.82. The van der Waals surface area contributed by atoms with Crippen molar-refractivity contribution in [1.29, 1.82) is 0 Å². The highest BCUT2D eigenvalue weighted by atomic mass is 32.2. The maximum Gasteiger partial charge on any atom is 0.344 e. The smallest absolute Gasteiger partial charge is 0.344 e. The number of nitrogens with zero attached hydrogens (tertiary/aromatic N) is 2. The van der Waals surface area contributed by atoms with E-state index < -0.39 is 16.9 Å². The van der Waals surface area contributed by atoms with Crippen molar-refractivity contribution in [1.82, 2.24) is 9.97 Å². The Morgan fingerprint density at radius 3 is 2.74 bits per heavy atom. The highest BCUT2D eigenvalue weighted by Crippen LogP contribution is 2.56. The fourth-order valence-electron chi connectivity index (χ4n) is 4.57. The summed E-state index contributed by atoms with van der Waals surface area (Å²) in [6, 6.07) is 17.1. The highest BCUT2D eigenvalue weighted by Gasteiger charge is 2.58. The van der Waals surface area contributed by atoms with E-state index in [2.05, 4.69) is 9.97 Å². The molecule has 7 nitrogen and oxygen atoms in total. The third kappa shape index (κ3) is 3.11. The van der Waals surface area contributed by atoms with Crippen LogP contribution in [0.1, 0.15) is 31.7 Å². The lowest BCUT2D eigenvalue weighted by molar-refractivity contribution is -0.152. The van der Waals surface area contributed by atoms with Crippen molar-refractivity contribution in [3.8, 4) is 11.1 Å². The number of aromatic nitrogens is 2. The lowest BCUT2D eigenvalue weighted by atomic mass is 10.1. The molecule has 1 N–H and O–H groups in total. The number of esters is 1. The largest absolute Gasteiger partial charge is 0.452 e. The summed E-state index contributed by atoms with van der Waals surface area (Å²) in [6.45, 7) is 1.68. The van der Waals surface area contributed by atoms with E-state index in [1.165, 1.54) is 23.1 Å². The molecule has 9 heteroatoms. The Morgan fingerprint density at radius 1 is 1.15 bits per heavy atom. The van der Waals surface area contributed by atoms with Gasteiger partial charge in [0.15, 0.2) is 16.8 Å². The molecular weight excluding hydrogens is 470 g/mol. The standard InChI is InChI=1S/C25H19N3O4S2/c1-14(21-26-22(30)20-16(13-33-23(20)27-21)15-7-3-2-4-8-15)32-24(31)25-12-11-19(29)28(25)17-9-5-6-10-18(17)34-25/h2-10,13-14H,11-12H2,1H3,(H,26,27,30)/t14-,25-/m0/s1. The summed E-state index contributed by atoms with van der Waals surface area (Å²) in [4.78, 5) is 48.4. The molecule has 0 bridgehead atoms. The third-order valence-corrected chi connectivity index (χ3v) is 8.54. The average Bonchev–Trinajstić information content (AvgIpc) is 3.52. The fourth-order valence-corrected chi connectivity index (χ4v) is 6.93. The van der Waals surface area contributed by atoms with Crippen LogP contribution < -0.4 is 10.5 Å². The van der Waals surface area contributed by atoms with Gasteiger partial charge in [-0.1, -0.05) is 54.2 Å². The van der Waals surface area contributed by atoms with Crippen LogP contribution in [0.15, 0.2) is 69.7 Å². The van der Waals surface area contributed by atoms with E-state index in [0.717, 1.165) is 21.7 Å². The number of anilines is 1. The second-order valence-electron chi connectivity index (χ2n) is 8.28. The van der Waals surface area contributed by atoms with Crippen LogP contribution in [0, 0.1) is 0 Å². The van der Waals surface area contributed by atoms with E-state index in [1.54, 1.807) is 11.8 Å². The topological polar surface area (TPSA) is 92.4 Å². The highest BCUT2D eigenvalue weighted by molar-refractivity contribution is 8.02. The number of ether oxygens (including phenoxy) is 1. The van der Waals surface area contributed by atoms with E-state index in [0.29, 0.717) is 16.6 Å². The first kappa shape index (κ1) is 21.1. The van der Waals surface area contributed by atoms with E-state index in [4.69, 9.17) is 4.74 Å². The maximum atomic E-state index is 13.4. The van der Waals surface area contributed by atoms with Crippen LogP contribution in [0.3, 0.4) is 0 Å². The second-order valence-corrected chi connectivity index (χ2v) is 10.5. The first-order valence-corrected chi connectivity index (χ1v) is 12.6. The van der Waals surface area contributed by atoms with Crippen molar-refractivity contribution < 1.29 is 14.3 Å². The van der Waals surface area contributed by atoms with Crippen molar-refractivity contribution >= 4 is 50.9 Å². The number of para-hydroxylation sites is 1. The summed E-state index contributed by atoms with van der Waals surface area (Å²) in [5.41, 5.74) is 2.22. The Kier molecular flexibility index (Phi) is 4.86. The zero-order valence-corrected chi connectivity index (χ0v) is 19.7. The first-order valence-electron chi connectivity index (χ1n) is 10.9. The van der Waals surface area contributed by atoms with Crippen molar-refractivity contribution in [3.63, 3.8) is 0 Å². The number of thiophene rings is 1. The molecule has 0 saturated carbocycles. The lowest BCUT2D eigenvalue weighted by Gasteiger charge is -2.29. The molecule has 1 fully saturated rings. The van der Waals surface area contributed by atoms with Gasteiger partial charge in [-0.15, -0.1) is 11.3 Å². The number of carbonyl (C=O) groups is 2. The number of rotatable bonds is 4. The van der Waals surface area contributed by atoms with Crippen LogP contribution in [0.2, 0.25) is 0 Å². The molecule has 6 rings (SSSR count). The molecule has 4 aromatic rings. The molecule has 1 amide bonds. The summed E-state index contributed by atoms with van der Waals surface area (Å²) in [5, 5.41) is 2.43. The molecule has 0 spiro atoms. The van der Waals surface area contributed by atoms with Gasteiger partial charge in [0.25, 0.3) is 5.56 Å². The molecular formula is C25H19N3O4S2. The number of hydrogen-bond acceptors (Lipinski definition) is 7. The molecule has 2 atom stereocenters. The number of nitrogens with one attached hydrogen (secondary N) is 1. The van der Waals surface area contributed by atoms with Crippen molar-refractivity contribution in [3.05, 3.63) is 76.2 Å². The number of hydrogen-bond donors (Lipinski definition) is 1. The second kappa shape index (κ2) is 7.82. The number of aromatic amines is 1. The molecule has 2 aliphatic heterocycles. The van der Waals surface area contributed by atoms with Gasteiger partial charge < -0.3 is 9.72 Å². The van der Waals surface area contributed by atoms with Gasteiger partial charge in [0.1, 0.15) is 4.83 Å². The monoisotopic (exact) mass is 489 g/mol. The molecule has 0 unspecified atom stereocenters. The molecule has 1 saturated heterocycles. The molecule has 4 heterocycles. The minimum atomic E-state index is -1.12. The van der Waals surface area contributed by atoms with Crippen LogP contribution in [0.25, 0.3) is 21.3 Å². The molecule has 0 aliphatic carbocycles. The number of benzene rings is 2. The van der Waals surface area contributed by atoms with Crippen molar-refractivity contribution in [2.24, 2.45) is 0 Å². The van der Waals surface area contributed by atoms with E-state index in [-0.39, 0.29) is 23.7 Å². The van der Waals surface area contributed by atoms with Gasteiger partial charge in [-0.2, -0.15) is 0 Å². The van der Waals surface area contributed by atoms with Gasteiger partial charge in [0.05, 0.1) is 11.1 Å². The van der Waals surface area contributed by atoms with Gasteiger partial charge >= 0.3 is 5.97 Å². The van der Waals surface area contributed by atoms with Gasteiger partial charge in [-0.25, -0.2) is 9.78 Å². The minimum absolute atomic E-state index is 0.0953. The van der Waals surface area contributed by atoms with Gasteiger partial charge in [-0.05, 0) is 24.6 Å². The predicted molar refractivity (Wildman–Crippen MR) is 132 cm³/mol. The van der Waals surface area contributed by atoms with Crippen LogP contribution in [-0.4, -0.2) is 26.7 Å². The quantitative estimate of drug-likeness (QED) is 0.411. The Morgan fingerprint density at radius 2 is 1.91 bits per heavy atom. The van der Waals surface area contributed by atoms with E-state index >= 15 is 0 Å². The number of thioether (sulfide) groups is 1. The molecule has 34 heavy (non-hydrogen) atoms. The normalized spacial score (nSPS) is 19.8. The first-order chi connectivity index (χ1) is 16.5. The third-order valence-electron chi connectivity index (χ3n) is 6.21. The molecule has 2 aromatic heterocycles. The van der Waals surface area contributed by atoms with E-state index in [1.807, 2.05) is 60.0 Å². The Hall–Kier alpha value is -3.43. The Labute approximate surface area is 202 Å². The lowest BCUT2D eigenvalue weighted by Crippen LogP contribution is -2.48. The van der Waals surface area contributed by atoms with Gasteiger partial charge in [-0.3, -0.25) is 14.5 Å².